The highest BCUT2D eigenvalue weighted by Crippen LogP contribution is 2.44. The van der Waals surface area contributed by atoms with E-state index in [2.05, 4.69) is 15.2 Å². The molecule has 2 saturated heterocycles. The van der Waals surface area contributed by atoms with Crippen molar-refractivity contribution in [1.29, 1.82) is 0 Å². The Morgan fingerprint density at radius 2 is 1.97 bits per heavy atom. The number of sulfone groups is 1. The zero-order valence-corrected chi connectivity index (χ0v) is 17.8. The van der Waals surface area contributed by atoms with E-state index in [4.69, 9.17) is 11.6 Å². The van der Waals surface area contributed by atoms with Gasteiger partial charge in [0.1, 0.15) is 0 Å². The van der Waals surface area contributed by atoms with Crippen molar-refractivity contribution in [1.82, 2.24) is 10.3 Å². The first-order chi connectivity index (χ1) is 14.3. The Morgan fingerprint density at radius 3 is 2.67 bits per heavy atom. The van der Waals surface area contributed by atoms with E-state index in [-0.39, 0.29) is 22.0 Å². The van der Waals surface area contributed by atoms with Crippen LogP contribution in [-0.2, 0) is 14.6 Å². The average molecular weight is 448 g/mol. The fourth-order valence-electron chi connectivity index (χ4n) is 4.96. The molecule has 0 saturated carbocycles. The van der Waals surface area contributed by atoms with Crippen LogP contribution in [0.15, 0.2) is 35.5 Å². The molecule has 3 aliphatic heterocycles. The van der Waals surface area contributed by atoms with Crippen LogP contribution in [0.25, 0.3) is 11.1 Å². The second-order valence-electron chi connectivity index (χ2n) is 8.34. The van der Waals surface area contributed by atoms with Gasteiger partial charge in [0.2, 0.25) is 5.91 Å². The summed E-state index contributed by atoms with van der Waals surface area (Å²) in [5.41, 5.74) is 2.51. The van der Waals surface area contributed by atoms with E-state index in [1.54, 1.807) is 30.6 Å². The number of nitrogens with zero attached hydrogens (tertiary/aromatic N) is 2. The van der Waals surface area contributed by atoms with Crippen molar-refractivity contribution < 1.29 is 18.3 Å². The summed E-state index contributed by atoms with van der Waals surface area (Å²) in [6, 6.07) is 5.01. The van der Waals surface area contributed by atoms with Crippen LogP contribution in [0.1, 0.15) is 30.9 Å². The molecule has 4 heterocycles. The standard InChI is InChI=1S/C21H22ClN3O4S/c22-16-11-23-10-15(13-1-2-18-14(9-13)17(26)12-30(18,28)29)19(16)25-7-4-21(5-8-25)3-6-24-20(21)27/h1-2,9-11,17,26H,3-8,12H2,(H,24,27). The molecule has 2 aromatic rings. The highest BCUT2D eigenvalue weighted by atomic mass is 35.5. The van der Waals surface area contributed by atoms with Gasteiger partial charge in [-0.05, 0) is 37.0 Å². The number of aliphatic hydroxyl groups is 1. The number of carbonyl (C=O) groups is 1. The van der Waals surface area contributed by atoms with Gasteiger partial charge >= 0.3 is 0 Å². The molecule has 1 aromatic carbocycles. The molecule has 158 valence electrons. The summed E-state index contributed by atoms with van der Waals surface area (Å²) in [6.45, 7) is 2.14. The number of amides is 1. The normalized spacial score (nSPS) is 24.1. The predicted molar refractivity (Wildman–Crippen MR) is 113 cm³/mol. The number of nitrogens with one attached hydrogen (secondary N) is 1. The van der Waals surface area contributed by atoms with E-state index in [9.17, 15) is 18.3 Å². The van der Waals surface area contributed by atoms with Crippen molar-refractivity contribution >= 4 is 33.0 Å². The molecular weight excluding hydrogens is 426 g/mol. The summed E-state index contributed by atoms with van der Waals surface area (Å²) < 4.78 is 24.4. The van der Waals surface area contributed by atoms with Crippen molar-refractivity contribution in [2.45, 2.75) is 30.3 Å². The molecule has 0 radical (unpaired) electrons. The zero-order chi connectivity index (χ0) is 21.1. The lowest BCUT2D eigenvalue weighted by atomic mass is 9.77. The first-order valence-corrected chi connectivity index (χ1v) is 12.1. The number of pyridine rings is 1. The number of aromatic nitrogens is 1. The largest absolute Gasteiger partial charge is 0.387 e. The lowest BCUT2D eigenvalue weighted by molar-refractivity contribution is -0.128. The molecule has 2 fully saturated rings. The number of hydrogen-bond acceptors (Lipinski definition) is 6. The van der Waals surface area contributed by atoms with E-state index in [1.165, 1.54) is 0 Å². The van der Waals surface area contributed by atoms with Crippen molar-refractivity contribution in [2.24, 2.45) is 5.41 Å². The molecule has 1 spiro atoms. The van der Waals surface area contributed by atoms with Crippen LogP contribution in [0.2, 0.25) is 5.02 Å². The quantitative estimate of drug-likeness (QED) is 0.733. The number of anilines is 1. The van der Waals surface area contributed by atoms with Gasteiger partial charge in [0.25, 0.3) is 0 Å². The molecule has 2 N–H and O–H groups in total. The van der Waals surface area contributed by atoms with Crippen molar-refractivity contribution in [2.75, 3.05) is 30.3 Å². The number of hydrogen-bond donors (Lipinski definition) is 2. The molecule has 1 atom stereocenters. The molecule has 1 aromatic heterocycles. The van der Waals surface area contributed by atoms with Crippen LogP contribution >= 0.6 is 11.6 Å². The van der Waals surface area contributed by atoms with Crippen LogP contribution in [0.3, 0.4) is 0 Å². The third-order valence-corrected chi connectivity index (χ3v) is 8.75. The van der Waals surface area contributed by atoms with E-state index < -0.39 is 15.9 Å². The summed E-state index contributed by atoms with van der Waals surface area (Å²) in [5.74, 6) is -0.139. The molecule has 7 nitrogen and oxygen atoms in total. The third kappa shape index (κ3) is 3.01. The van der Waals surface area contributed by atoms with Crippen molar-refractivity contribution in [3.8, 4) is 11.1 Å². The van der Waals surface area contributed by atoms with Gasteiger partial charge in [-0.1, -0.05) is 17.7 Å². The Morgan fingerprint density at radius 1 is 1.20 bits per heavy atom. The lowest BCUT2D eigenvalue weighted by Crippen LogP contribution is -2.44. The predicted octanol–water partition coefficient (Wildman–Crippen LogP) is 2.33. The highest BCUT2D eigenvalue weighted by molar-refractivity contribution is 7.91. The topological polar surface area (TPSA) is 99.6 Å². The fraction of sp³-hybridized carbons (Fsp3) is 0.429. The Bertz CT molecular complexity index is 1140. The molecule has 30 heavy (non-hydrogen) atoms. The lowest BCUT2D eigenvalue weighted by Gasteiger charge is -2.39. The van der Waals surface area contributed by atoms with Gasteiger partial charge in [-0.25, -0.2) is 8.42 Å². The van der Waals surface area contributed by atoms with Gasteiger partial charge in [0.05, 0.1) is 32.9 Å². The summed E-state index contributed by atoms with van der Waals surface area (Å²) in [6.07, 6.45) is 4.67. The van der Waals surface area contributed by atoms with Crippen LogP contribution in [-0.4, -0.2) is 49.8 Å². The Balaban J connectivity index is 1.51. The number of piperidine rings is 1. The SMILES string of the molecule is O=C1NCCC12CCN(c1c(Cl)cncc1-c1ccc3c(c1)C(O)CS3(=O)=O)CC2. The highest BCUT2D eigenvalue weighted by Gasteiger charge is 2.44. The van der Waals surface area contributed by atoms with E-state index in [0.29, 0.717) is 23.7 Å². The summed E-state index contributed by atoms with van der Waals surface area (Å²) in [5, 5.41) is 13.7. The van der Waals surface area contributed by atoms with Crippen LogP contribution in [0.4, 0.5) is 5.69 Å². The van der Waals surface area contributed by atoms with Crippen LogP contribution in [0.5, 0.6) is 0 Å². The maximum Gasteiger partial charge on any atom is 0.226 e. The van der Waals surface area contributed by atoms with Gasteiger partial charge in [0, 0.05) is 43.2 Å². The minimum Gasteiger partial charge on any atom is -0.387 e. The summed E-state index contributed by atoms with van der Waals surface area (Å²) in [7, 11) is -3.45. The van der Waals surface area contributed by atoms with Gasteiger partial charge < -0.3 is 15.3 Å². The Kier molecular flexibility index (Phi) is 4.57. The van der Waals surface area contributed by atoms with Gasteiger partial charge in [-0.15, -0.1) is 0 Å². The van der Waals surface area contributed by atoms with Gasteiger partial charge in [-0.3, -0.25) is 9.78 Å². The minimum atomic E-state index is -3.45. The number of benzene rings is 1. The maximum absolute atomic E-state index is 12.3. The van der Waals surface area contributed by atoms with E-state index >= 15 is 0 Å². The monoisotopic (exact) mass is 447 g/mol. The molecule has 1 amide bonds. The summed E-state index contributed by atoms with van der Waals surface area (Å²) >= 11 is 6.56. The number of rotatable bonds is 2. The number of aliphatic hydroxyl groups excluding tert-OH is 1. The zero-order valence-electron chi connectivity index (χ0n) is 16.3. The Hall–Kier alpha value is -2.16. The maximum atomic E-state index is 12.3. The molecule has 9 heteroatoms. The van der Waals surface area contributed by atoms with Crippen LogP contribution < -0.4 is 10.2 Å². The smallest absolute Gasteiger partial charge is 0.226 e. The first-order valence-electron chi connectivity index (χ1n) is 10.0. The second-order valence-corrected chi connectivity index (χ2v) is 10.8. The molecule has 5 rings (SSSR count). The van der Waals surface area contributed by atoms with E-state index in [0.717, 1.165) is 42.6 Å². The second kappa shape index (κ2) is 6.93. The number of carbonyl (C=O) groups excluding carboxylic acids is 1. The molecule has 1 unspecified atom stereocenters. The number of halogens is 1. The average Bonchev–Trinajstić information content (AvgIpc) is 3.18. The fourth-order valence-corrected chi connectivity index (χ4v) is 6.84. The summed E-state index contributed by atoms with van der Waals surface area (Å²) in [4.78, 5) is 18.9. The molecule has 0 bridgehead atoms. The van der Waals surface area contributed by atoms with Gasteiger partial charge in [-0.2, -0.15) is 0 Å². The van der Waals surface area contributed by atoms with Crippen molar-refractivity contribution in [3.05, 3.63) is 41.2 Å². The van der Waals surface area contributed by atoms with Crippen LogP contribution in [0, 0.1) is 5.41 Å². The molecular formula is C21H22ClN3O4S. The van der Waals surface area contributed by atoms with Crippen molar-refractivity contribution in [3.63, 3.8) is 0 Å². The first kappa shape index (κ1) is 19.8. The Labute approximate surface area is 180 Å². The third-order valence-electron chi connectivity index (χ3n) is 6.67. The molecule has 3 aliphatic rings. The van der Waals surface area contributed by atoms with Gasteiger partial charge in [0.15, 0.2) is 9.84 Å². The molecule has 0 aliphatic carbocycles. The minimum absolute atomic E-state index is 0.150. The van der Waals surface area contributed by atoms with E-state index in [1.807, 2.05) is 0 Å². The number of fused-ring (bicyclic) bond motifs is 1.